The minimum Gasteiger partial charge on any atom is -0.462 e. The number of nitrogens with zero attached hydrogens (tertiary/aromatic N) is 6. The summed E-state index contributed by atoms with van der Waals surface area (Å²) >= 11 is 0. The van der Waals surface area contributed by atoms with Crippen LogP contribution < -0.4 is 9.64 Å². The number of hydrogen-bond acceptors (Lipinski definition) is 7. The van der Waals surface area contributed by atoms with Crippen LogP contribution >= 0.6 is 0 Å². The Kier molecular flexibility index (Phi) is 7.41. The van der Waals surface area contributed by atoms with Crippen LogP contribution in [0.5, 0.6) is 6.01 Å². The maximum absolute atomic E-state index is 15.2. The molecule has 0 bridgehead atoms. The Hall–Kier alpha value is -3.58. The number of aromatic nitrogens is 2. The Morgan fingerprint density at radius 2 is 2.05 bits per heavy atom. The standard InChI is InChI=1S/C31H36F2N6O2/c1-3-27(40)39-14-13-38(18-22(39)8-11-34)29-24-7-10-31(9-6-20-15-21(32)16-25(33)28(20)31)17-26(24)35-30(36-29)41-19-23-5-4-12-37(23)2/h3,15-16,22-23H,1,4-10,12-14,17-19H2,2H3/t22-,23-,31?/m0/s1. The maximum atomic E-state index is 15.2. The Labute approximate surface area is 239 Å². The summed E-state index contributed by atoms with van der Waals surface area (Å²) in [5.74, 6) is -0.420. The minimum atomic E-state index is -0.535. The van der Waals surface area contributed by atoms with Crippen molar-refractivity contribution in [2.45, 2.75) is 68.9 Å². The predicted octanol–water partition coefficient (Wildman–Crippen LogP) is 3.72. The lowest BCUT2D eigenvalue weighted by molar-refractivity contribution is -0.128. The van der Waals surface area contributed by atoms with E-state index in [1.807, 2.05) is 0 Å². The summed E-state index contributed by atoms with van der Waals surface area (Å²) in [5, 5.41) is 9.48. The molecule has 8 nitrogen and oxygen atoms in total. The molecule has 3 heterocycles. The number of anilines is 1. The molecule has 2 fully saturated rings. The van der Waals surface area contributed by atoms with Crippen molar-refractivity contribution in [1.82, 2.24) is 19.8 Å². The fourth-order valence-electron chi connectivity index (χ4n) is 7.44. The normalized spacial score (nSPS) is 25.6. The molecule has 2 aliphatic heterocycles. The number of likely N-dealkylation sites (tertiary alicyclic amines) is 1. The van der Waals surface area contributed by atoms with Crippen molar-refractivity contribution in [1.29, 1.82) is 5.26 Å². The number of halogens is 2. The number of hydrogen-bond donors (Lipinski definition) is 0. The van der Waals surface area contributed by atoms with Crippen LogP contribution in [0.15, 0.2) is 24.8 Å². The lowest BCUT2D eigenvalue weighted by Gasteiger charge is -2.42. The van der Waals surface area contributed by atoms with Gasteiger partial charge in [-0.05, 0) is 75.4 Å². The van der Waals surface area contributed by atoms with Gasteiger partial charge in [0.05, 0.1) is 24.2 Å². The first-order chi connectivity index (χ1) is 19.8. The van der Waals surface area contributed by atoms with Gasteiger partial charge in [0, 0.05) is 49.1 Å². The van der Waals surface area contributed by atoms with Crippen molar-refractivity contribution < 1.29 is 18.3 Å². The fourth-order valence-corrected chi connectivity index (χ4v) is 7.44. The highest BCUT2D eigenvalue weighted by atomic mass is 19.1. The van der Waals surface area contributed by atoms with E-state index >= 15 is 4.39 Å². The van der Waals surface area contributed by atoms with Gasteiger partial charge in [-0.15, -0.1) is 0 Å². The quantitative estimate of drug-likeness (QED) is 0.496. The SMILES string of the molecule is C=CC(=O)N1CCN(c2nc(OC[C@@H]3CCCN3C)nc3c2CCC2(CCc4cc(F)cc(F)c42)C3)C[C@@H]1CC#N. The molecule has 216 valence electrons. The van der Waals surface area contributed by atoms with Crippen LogP contribution in [-0.2, 0) is 29.5 Å². The highest BCUT2D eigenvalue weighted by Gasteiger charge is 2.45. The molecule has 0 saturated carbocycles. The molecule has 41 heavy (non-hydrogen) atoms. The third-order valence-corrected chi connectivity index (χ3v) is 9.59. The van der Waals surface area contributed by atoms with Crippen LogP contribution in [0.4, 0.5) is 14.6 Å². The number of nitriles is 1. The molecule has 1 amide bonds. The molecular weight excluding hydrogens is 526 g/mol. The third kappa shape index (κ3) is 5.05. The van der Waals surface area contributed by atoms with E-state index in [4.69, 9.17) is 14.7 Å². The molecule has 1 unspecified atom stereocenters. The second-order valence-corrected chi connectivity index (χ2v) is 11.9. The molecule has 2 aromatic rings. The topological polar surface area (TPSA) is 85.6 Å². The van der Waals surface area contributed by atoms with E-state index in [-0.39, 0.29) is 18.4 Å². The molecule has 1 aromatic carbocycles. The molecule has 1 aromatic heterocycles. The van der Waals surface area contributed by atoms with E-state index < -0.39 is 17.0 Å². The van der Waals surface area contributed by atoms with Gasteiger partial charge in [0.25, 0.3) is 0 Å². The molecule has 2 saturated heterocycles. The van der Waals surface area contributed by atoms with Gasteiger partial charge >= 0.3 is 6.01 Å². The lowest BCUT2D eigenvalue weighted by Crippen LogP contribution is -2.55. The number of amides is 1. The Morgan fingerprint density at radius 1 is 1.22 bits per heavy atom. The number of benzene rings is 1. The van der Waals surface area contributed by atoms with Gasteiger partial charge in [0.15, 0.2) is 0 Å². The Balaban J connectivity index is 1.35. The van der Waals surface area contributed by atoms with E-state index in [0.29, 0.717) is 63.1 Å². The Morgan fingerprint density at radius 3 is 2.80 bits per heavy atom. The largest absolute Gasteiger partial charge is 0.462 e. The van der Waals surface area contributed by atoms with Crippen molar-refractivity contribution >= 4 is 11.7 Å². The molecule has 0 N–H and O–H groups in total. The summed E-state index contributed by atoms with van der Waals surface area (Å²) in [7, 11) is 2.10. The predicted molar refractivity (Wildman–Crippen MR) is 150 cm³/mol. The van der Waals surface area contributed by atoms with E-state index in [2.05, 4.69) is 29.5 Å². The molecule has 10 heteroatoms. The second kappa shape index (κ2) is 11.0. The zero-order chi connectivity index (χ0) is 28.7. The summed E-state index contributed by atoms with van der Waals surface area (Å²) in [4.78, 5) is 28.4. The number of rotatable bonds is 6. The monoisotopic (exact) mass is 562 g/mol. The second-order valence-electron chi connectivity index (χ2n) is 11.9. The van der Waals surface area contributed by atoms with E-state index in [0.717, 1.165) is 60.9 Å². The van der Waals surface area contributed by atoms with E-state index in [1.165, 1.54) is 12.1 Å². The van der Waals surface area contributed by atoms with Crippen LogP contribution in [0.25, 0.3) is 0 Å². The average molecular weight is 563 g/mol. The van der Waals surface area contributed by atoms with Gasteiger partial charge in [0.1, 0.15) is 24.1 Å². The van der Waals surface area contributed by atoms with Gasteiger partial charge in [0.2, 0.25) is 5.91 Å². The van der Waals surface area contributed by atoms with Crippen molar-refractivity contribution in [3.05, 3.63) is 58.8 Å². The van der Waals surface area contributed by atoms with E-state index in [9.17, 15) is 14.4 Å². The van der Waals surface area contributed by atoms with Crippen molar-refractivity contribution in [2.75, 3.05) is 44.7 Å². The smallest absolute Gasteiger partial charge is 0.318 e. The van der Waals surface area contributed by atoms with Crippen LogP contribution in [0.2, 0.25) is 0 Å². The van der Waals surface area contributed by atoms with Gasteiger partial charge in [-0.1, -0.05) is 6.58 Å². The van der Waals surface area contributed by atoms with Gasteiger partial charge in [-0.3, -0.25) is 4.79 Å². The van der Waals surface area contributed by atoms with Crippen LogP contribution in [0, 0.1) is 23.0 Å². The summed E-state index contributed by atoms with van der Waals surface area (Å²) in [5.41, 5.74) is 2.80. The number of carbonyl (C=O) groups is 1. The molecule has 2 aliphatic carbocycles. The van der Waals surface area contributed by atoms with Crippen LogP contribution in [0.3, 0.4) is 0 Å². The number of aryl methyl sites for hydroxylation is 1. The first-order valence-electron chi connectivity index (χ1n) is 14.6. The molecule has 1 spiro atoms. The average Bonchev–Trinajstić information content (AvgIpc) is 3.53. The summed E-state index contributed by atoms with van der Waals surface area (Å²) < 4.78 is 35.5. The van der Waals surface area contributed by atoms with Crippen molar-refractivity contribution in [2.24, 2.45) is 0 Å². The number of carbonyl (C=O) groups excluding carboxylic acids is 1. The first-order valence-corrected chi connectivity index (χ1v) is 14.6. The molecular formula is C31H36F2N6O2. The number of piperazine rings is 1. The van der Waals surface area contributed by atoms with Gasteiger partial charge in [-0.2, -0.15) is 15.2 Å². The number of likely N-dealkylation sites (N-methyl/N-ethyl adjacent to an activating group) is 1. The molecule has 3 atom stereocenters. The van der Waals surface area contributed by atoms with Crippen molar-refractivity contribution in [3.8, 4) is 12.1 Å². The number of fused-ring (bicyclic) bond motifs is 3. The summed E-state index contributed by atoms with van der Waals surface area (Å²) in [6.07, 6.45) is 6.97. The van der Waals surface area contributed by atoms with E-state index in [1.54, 1.807) is 4.90 Å². The lowest BCUT2D eigenvalue weighted by atomic mass is 9.69. The zero-order valence-electron chi connectivity index (χ0n) is 23.5. The highest BCUT2D eigenvalue weighted by molar-refractivity contribution is 5.87. The van der Waals surface area contributed by atoms with Gasteiger partial charge in [-0.25, -0.2) is 8.78 Å². The van der Waals surface area contributed by atoms with Crippen molar-refractivity contribution in [3.63, 3.8) is 0 Å². The summed E-state index contributed by atoms with van der Waals surface area (Å²) in [6.45, 7) is 6.60. The molecule has 0 radical (unpaired) electrons. The van der Waals surface area contributed by atoms with Crippen LogP contribution in [-0.4, -0.2) is 77.6 Å². The highest BCUT2D eigenvalue weighted by Crippen LogP contribution is 2.50. The molecule has 6 rings (SSSR count). The maximum Gasteiger partial charge on any atom is 0.318 e. The zero-order valence-corrected chi connectivity index (χ0v) is 23.5. The fraction of sp³-hybridized carbons (Fsp3) is 0.548. The third-order valence-electron chi connectivity index (χ3n) is 9.59. The summed E-state index contributed by atoms with van der Waals surface area (Å²) in [6, 6.07) is 5.00. The number of ether oxygens (including phenoxy) is 1. The molecule has 4 aliphatic rings. The van der Waals surface area contributed by atoms with Crippen LogP contribution in [0.1, 0.15) is 54.5 Å². The minimum absolute atomic E-state index is 0.181. The first kappa shape index (κ1) is 27.6. The van der Waals surface area contributed by atoms with Gasteiger partial charge < -0.3 is 19.4 Å². The Bertz CT molecular complexity index is 1410.